The van der Waals surface area contributed by atoms with Gasteiger partial charge < -0.3 is 19.8 Å². The maximum atomic E-state index is 9.62. The van der Waals surface area contributed by atoms with Crippen LogP contribution in [0.3, 0.4) is 0 Å². The van der Waals surface area contributed by atoms with Crippen LogP contribution < -0.4 is 0 Å². The Kier molecular flexibility index (Phi) is 6.52. The van der Waals surface area contributed by atoms with Crippen molar-refractivity contribution in [1.29, 1.82) is 0 Å². The van der Waals surface area contributed by atoms with Gasteiger partial charge in [-0.3, -0.25) is 0 Å². The summed E-state index contributed by atoms with van der Waals surface area (Å²) in [6, 6.07) is 0. The van der Waals surface area contributed by atoms with E-state index in [0.717, 1.165) is 0 Å². The van der Waals surface area contributed by atoms with E-state index >= 15 is 0 Å². The van der Waals surface area contributed by atoms with E-state index in [9.17, 15) is 4.79 Å². The topological polar surface area (TPSA) is 115 Å². The summed E-state index contributed by atoms with van der Waals surface area (Å²) in [6.07, 6.45) is 0. The summed E-state index contributed by atoms with van der Waals surface area (Å²) in [5.41, 5.74) is 0. The molecule has 0 fully saturated rings. The number of carboxylic acids is 1. The minimum atomic E-state index is -4.64. The molecule has 0 heterocycles. The van der Waals surface area contributed by atoms with Crippen LogP contribution in [-0.4, -0.2) is 29.5 Å². The number of hydrogen-bond donors (Lipinski definition) is 4. The molecule has 0 rings (SSSR count). The van der Waals surface area contributed by atoms with Gasteiger partial charge in [0.1, 0.15) is 0 Å². The van der Waals surface area contributed by atoms with Gasteiger partial charge in [-0.05, 0) is 0 Å². The predicted octanol–water partition coefficient (Wildman–Crippen LogP) is 0.513. The maximum absolute atomic E-state index is 9.62. The minimum absolute atomic E-state index is 1.46. The Bertz CT molecular complexity index is 183. The van der Waals surface area contributed by atoms with Crippen LogP contribution in [0.2, 0.25) is 0 Å². The Hall–Kier alpha value is 0.450. The van der Waals surface area contributed by atoms with Gasteiger partial charge in [0.25, 0.3) is 3.79 Å². The van der Waals surface area contributed by atoms with Crippen LogP contribution in [0.5, 0.6) is 0 Å². The van der Waals surface area contributed by atoms with Crippen molar-refractivity contribution in [3.63, 3.8) is 0 Å². The van der Waals surface area contributed by atoms with Gasteiger partial charge >= 0.3 is 13.8 Å². The van der Waals surface area contributed by atoms with Gasteiger partial charge in [0.2, 0.25) is 0 Å². The summed E-state index contributed by atoms with van der Waals surface area (Å²) >= 11 is 14.4. The molecular formula is C2H4Cl3O6P. The van der Waals surface area contributed by atoms with Crippen molar-refractivity contribution in [1.82, 2.24) is 0 Å². The predicted molar refractivity (Wildman–Crippen MR) is 42.2 cm³/mol. The quantitative estimate of drug-likeness (QED) is 0.373. The Morgan fingerprint density at radius 3 is 1.25 bits per heavy atom. The lowest BCUT2D eigenvalue weighted by atomic mass is 10.8. The summed E-state index contributed by atoms with van der Waals surface area (Å²) in [7, 11) is -4.64. The summed E-state index contributed by atoms with van der Waals surface area (Å²) in [4.78, 5) is 31.2. The molecule has 0 saturated carbocycles. The maximum Gasteiger partial charge on any atom is 0.466 e. The van der Waals surface area contributed by atoms with Crippen molar-refractivity contribution < 1.29 is 29.1 Å². The average molecular weight is 261 g/mol. The van der Waals surface area contributed by atoms with Gasteiger partial charge in [-0.15, -0.1) is 0 Å². The van der Waals surface area contributed by atoms with E-state index in [-0.39, 0.29) is 0 Å². The molecule has 0 aliphatic carbocycles. The van der Waals surface area contributed by atoms with Gasteiger partial charge in [-0.25, -0.2) is 9.36 Å². The second kappa shape index (κ2) is 5.24. The second-order valence-electron chi connectivity index (χ2n) is 1.32. The van der Waals surface area contributed by atoms with Crippen LogP contribution in [0, 0.1) is 0 Å². The molecule has 0 unspecified atom stereocenters. The molecule has 0 bridgehead atoms. The van der Waals surface area contributed by atoms with Crippen LogP contribution in [0.25, 0.3) is 0 Å². The monoisotopic (exact) mass is 260 g/mol. The highest BCUT2D eigenvalue weighted by Crippen LogP contribution is 2.26. The molecule has 0 aliphatic rings. The molecule has 74 valence electrons. The number of halogens is 3. The zero-order valence-corrected chi connectivity index (χ0v) is 8.35. The summed E-state index contributed by atoms with van der Waals surface area (Å²) in [5, 5.41) is 7.85. The van der Waals surface area contributed by atoms with Gasteiger partial charge in [-0.2, -0.15) is 0 Å². The molecule has 0 saturated heterocycles. The van der Waals surface area contributed by atoms with Crippen molar-refractivity contribution in [2.45, 2.75) is 3.79 Å². The Balaban J connectivity index is 0. The first-order valence-electron chi connectivity index (χ1n) is 2.03. The summed E-state index contributed by atoms with van der Waals surface area (Å²) in [5.74, 6) is -1.46. The third kappa shape index (κ3) is 22.4. The minimum Gasteiger partial charge on any atom is -0.478 e. The Labute approximate surface area is 81.9 Å². The number of alkyl halides is 3. The standard InChI is InChI=1S/C2HCl3O2.H3O4P/c3-2(4,5)1(6)7;1-5(2,3)4/h(H,6,7);(H3,1,2,3,4). The van der Waals surface area contributed by atoms with Gasteiger partial charge in [0.15, 0.2) is 0 Å². The molecule has 10 heteroatoms. The molecule has 0 aliphatic heterocycles. The number of hydrogen-bond acceptors (Lipinski definition) is 2. The molecule has 0 atom stereocenters. The highest BCUT2D eigenvalue weighted by Gasteiger charge is 2.29. The SMILES string of the molecule is O=C(O)C(Cl)(Cl)Cl.O=P(O)(O)O. The first-order valence-corrected chi connectivity index (χ1v) is 4.73. The average Bonchev–Trinajstić information content (AvgIpc) is 1.55. The Morgan fingerprint density at radius 2 is 1.25 bits per heavy atom. The van der Waals surface area contributed by atoms with Crippen molar-refractivity contribution >= 4 is 48.6 Å². The van der Waals surface area contributed by atoms with Crippen LogP contribution in [0.1, 0.15) is 0 Å². The molecule has 0 amide bonds. The molecular weight excluding hydrogens is 257 g/mol. The normalized spacial score (nSPS) is 11.5. The van der Waals surface area contributed by atoms with Crippen molar-refractivity contribution in [2.24, 2.45) is 0 Å². The molecule has 0 aromatic heterocycles. The van der Waals surface area contributed by atoms with E-state index in [2.05, 4.69) is 0 Å². The third-order valence-corrected chi connectivity index (χ3v) is 0.728. The second-order valence-corrected chi connectivity index (χ2v) is 4.62. The van der Waals surface area contributed by atoms with Crippen LogP contribution >= 0.6 is 42.6 Å². The van der Waals surface area contributed by atoms with Crippen LogP contribution in [0.15, 0.2) is 0 Å². The van der Waals surface area contributed by atoms with E-state index in [0.29, 0.717) is 0 Å². The number of carbonyl (C=O) groups is 1. The van der Waals surface area contributed by atoms with Crippen molar-refractivity contribution in [3.05, 3.63) is 0 Å². The first-order chi connectivity index (χ1) is 4.94. The highest BCUT2D eigenvalue weighted by atomic mass is 35.6. The molecule has 4 N–H and O–H groups in total. The van der Waals surface area contributed by atoms with E-state index in [1.807, 2.05) is 0 Å². The fraction of sp³-hybridized carbons (Fsp3) is 0.500. The van der Waals surface area contributed by atoms with Crippen molar-refractivity contribution in [3.8, 4) is 0 Å². The fourth-order valence-corrected chi connectivity index (χ4v) is 0. The lowest BCUT2D eigenvalue weighted by molar-refractivity contribution is -0.135. The smallest absolute Gasteiger partial charge is 0.466 e. The highest BCUT2D eigenvalue weighted by molar-refractivity contribution is 7.45. The summed E-state index contributed by atoms with van der Waals surface area (Å²) in [6.45, 7) is 0. The van der Waals surface area contributed by atoms with Crippen LogP contribution in [0.4, 0.5) is 0 Å². The van der Waals surface area contributed by atoms with Gasteiger partial charge in [-0.1, -0.05) is 34.8 Å². The van der Waals surface area contributed by atoms with E-state index in [1.165, 1.54) is 0 Å². The molecule has 0 aromatic carbocycles. The number of carboxylic acid groups (broad SMARTS) is 1. The van der Waals surface area contributed by atoms with E-state index in [4.69, 9.17) is 59.2 Å². The van der Waals surface area contributed by atoms with E-state index < -0.39 is 17.6 Å². The lowest BCUT2D eigenvalue weighted by Crippen LogP contribution is -2.16. The number of phosphoric acid groups is 1. The molecule has 6 nitrogen and oxygen atoms in total. The number of rotatable bonds is 0. The largest absolute Gasteiger partial charge is 0.478 e. The molecule has 0 spiro atoms. The Morgan fingerprint density at radius 1 is 1.17 bits per heavy atom. The van der Waals surface area contributed by atoms with Gasteiger partial charge in [0, 0.05) is 0 Å². The molecule has 0 aromatic rings. The number of aliphatic carboxylic acids is 1. The first kappa shape index (κ1) is 14.9. The zero-order valence-electron chi connectivity index (χ0n) is 5.19. The van der Waals surface area contributed by atoms with Crippen LogP contribution in [-0.2, 0) is 9.36 Å². The van der Waals surface area contributed by atoms with Gasteiger partial charge in [0.05, 0.1) is 0 Å². The van der Waals surface area contributed by atoms with Crippen molar-refractivity contribution in [2.75, 3.05) is 0 Å². The fourth-order valence-electron chi connectivity index (χ4n) is 0. The zero-order chi connectivity index (χ0) is 10.6. The molecule has 0 radical (unpaired) electrons. The lowest BCUT2D eigenvalue weighted by Gasteiger charge is -1.99. The molecule has 12 heavy (non-hydrogen) atoms. The summed E-state index contributed by atoms with van der Waals surface area (Å²) < 4.78 is 6.72. The van der Waals surface area contributed by atoms with E-state index in [1.54, 1.807) is 0 Å². The third-order valence-electron chi connectivity index (χ3n) is 0.243.